The highest BCUT2D eigenvalue weighted by Crippen LogP contribution is 2.30. The van der Waals surface area contributed by atoms with Crippen LogP contribution in [0.2, 0.25) is 0 Å². The average Bonchev–Trinajstić information content (AvgIpc) is 3.54. The minimum absolute atomic E-state index is 0.0576. The molecule has 1 atom stereocenters. The van der Waals surface area contributed by atoms with E-state index in [2.05, 4.69) is 5.32 Å². The molecule has 2 heterocycles. The Morgan fingerprint density at radius 2 is 1.50 bits per heavy atom. The lowest BCUT2D eigenvalue weighted by atomic mass is 10.1. The molecule has 0 fully saturated rings. The molecule has 0 spiro atoms. The van der Waals surface area contributed by atoms with Crippen LogP contribution in [0.25, 0.3) is 5.69 Å². The van der Waals surface area contributed by atoms with Gasteiger partial charge in [-0.05, 0) is 48.9 Å². The highest BCUT2D eigenvalue weighted by atomic mass is 19.2. The maximum atomic E-state index is 13.7. The third-order valence-electron chi connectivity index (χ3n) is 5.06. The Morgan fingerprint density at radius 1 is 0.912 bits per heavy atom. The summed E-state index contributed by atoms with van der Waals surface area (Å²) < 4.78 is 79.0. The molecule has 10 heteroatoms. The molecule has 1 N–H and O–H groups in total. The zero-order chi connectivity index (χ0) is 24.4. The van der Waals surface area contributed by atoms with Gasteiger partial charge in [-0.3, -0.25) is 4.79 Å². The number of carbonyl (C=O) groups is 1. The molecule has 0 bridgehead atoms. The normalized spacial score (nSPS) is 11.9. The topological polar surface area (TPSA) is 56.4 Å². The molecule has 1 unspecified atom stereocenters. The van der Waals surface area contributed by atoms with E-state index in [1.54, 1.807) is 6.92 Å². The van der Waals surface area contributed by atoms with Crippen molar-refractivity contribution in [2.24, 2.45) is 0 Å². The molecular formula is C24H17F5N2O3. The maximum absolute atomic E-state index is 13.7. The zero-order valence-electron chi connectivity index (χ0n) is 17.6. The van der Waals surface area contributed by atoms with E-state index in [1.165, 1.54) is 12.1 Å². The van der Waals surface area contributed by atoms with Crippen molar-refractivity contribution >= 4 is 5.91 Å². The second kappa shape index (κ2) is 9.42. The van der Waals surface area contributed by atoms with Crippen molar-refractivity contribution in [3.8, 4) is 11.4 Å². The van der Waals surface area contributed by atoms with Gasteiger partial charge < -0.3 is 19.0 Å². The van der Waals surface area contributed by atoms with Crippen LogP contribution in [-0.4, -0.2) is 10.5 Å². The van der Waals surface area contributed by atoms with E-state index < -0.39 is 47.3 Å². The Bertz CT molecular complexity index is 1290. The standard InChI is InChI=1S/C24H17F5N2O3/c1-13(14-4-6-15(7-5-14)31-10-2-3-11-31)30-24(32)17-9-8-16(34-17)12-33-23-21(28)19(26)18(25)20(27)22(23)29/h2-11,13H,12H2,1H3,(H,30,32). The molecule has 0 aliphatic rings. The Kier molecular flexibility index (Phi) is 6.40. The highest BCUT2D eigenvalue weighted by molar-refractivity contribution is 5.91. The van der Waals surface area contributed by atoms with Crippen molar-refractivity contribution in [1.82, 2.24) is 9.88 Å². The van der Waals surface area contributed by atoms with Crippen LogP contribution in [0.4, 0.5) is 22.0 Å². The number of benzene rings is 2. The van der Waals surface area contributed by atoms with Gasteiger partial charge in [-0.2, -0.15) is 8.78 Å². The fraction of sp³-hybridized carbons (Fsp3) is 0.125. The molecular weight excluding hydrogens is 459 g/mol. The summed E-state index contributed by atoms with van der Waals surface area (Å²) in [6, 6.07) is 13.6. The van der Waals surface area contributed by atoms with E-state index in [-0.39, 0.29) is 17.6 Å². The van der Waals surface area contributed by atoms with Gasteiger partial charge in [0.2, 0.25) is 29.1 Å². The minimum atomic E-state index is -2.28. The van der Waals surface area contributed by atoms with Gasteiger partial charge in [-0.25, -0.2) is 13.2 Å². The van der Waals surface area contributed by atoms with Crippen LogP contribution < -0.4 is 10.1 Å². The van der Waals surface area contributed by atoms with Crippen LogP contribution in [-0.2, 0) is 6.61 Å². The smallest absolute Gasteiger partial charge is 0.287 e. The Morgan fingerprint density at radius 3 is 2.12 bits per heavy atom. The number of halogens is 5. The molecule has 2 aromatic heterocycles. The molecule has 4 rings (SSSR count). The quantitative estimate of drug-likeness (QED) is 0.207. The van der Waals surface area contributed by atoms with Crippen molar-refractivity contribution in [3.05, 3.63) is 107 Å². The molecule has 2 aromatic carbocycles. The van der Waals surface area contributed by atoms with Crippen molar-refractivity contribution in [1.29, 1.82) is 0 Å². The van der Waals surface area contributed by atoms with Gasteiger partial charge in [-0.1, -0.05) is 12.1 Å². The number of furan rings is 1. The van der Waals surface area contributed by atoms with E-state index >= 15 is 0 Å². The minimum Gasteiger partial charge on any atom is -0.479 e. The van der Waals surface area contributed by atoms with E-state index in [4.69, 9.17) is 9.15 Å². The molecule has 0 aliphatic carbocycles. The van der Waals surface area contributed by atoms with Crippen LogP contribution >= 0.6 is 0 Å². The molecule has 34 heavy (non-hydrogen) atoms. The summed E-state index contributed by atoms with van der Waals surface area (Å²) in [6.07, 6.45) is 3.81. The van der Waals surface area contributed by atoms with Crippen molar-refractivity contribution in [2.75, 3.05) is 0 Å². The number of aromatic nitrogens is 1. The molecule has 176 valence electrons. The summed E-state index contributed by atoms with van der Waals surface area (Å²) in [5, 5.41) is 2.75. The number of hydrogen-bond acceptors (Lipinski definition) is 3. The molecule has 0 radical (unpaired) electrons. The molecule has 5 nitrogen and oxygen atoms in total. The van der Waals surface area contributed by atoms with Gasteiger partial charge in [0.05, 0.1) is 6.04 Å². The summed E-state index contributed by atoms with van der Waals surface area (Å²) >= 11 is 0. The number of nitrogens with zero attached hydrogens (tertiary/aromatic N) is 1. The molecule has 0 saturated heterocycles. The van der Waals surface area contributed by atoms with Gasteiger partial charge in [0.25, 0.3) is 5.91 Å². The lowest BCUT2D eigenvalue weighted by Gasteiger charge is -2.14. The SMILES string of the molecule is CC(NC(=O)c1ccc(COc2c(F)c(F)c(F)c(F)c2F)o1)c1ccc(-n2cccc2)cc1. The van der Waals surface area contributed by atoms with Crippen LogP contribution in [0.3, 0.4) is 0 Å². The number of hydrogen-bond donors (Lipinski definition) is 1. The third-order valence-corrected chi connectivity index (χ3v) is 5.06. The maximum Gasteiger partial charge on any atom is 0.287 e. The first-order valence-corrected chi connectivity index (χ1v) is 10.0. The summed E-state index contributed by atoms with van der Waals surface area (Å²) in [6.45, 7) is 1.11. The largest absolute Gasteiger partial charge is 0.479 e. The molecule has 0 saturated carbocycles. The second-order valence-electron chi connectivity index (χ2n) is 7.33. The van der Waals surface area contributed by atoms with Gasteiger partial charge >= 0.3 is 0 Å². The Balaban J connectivity index is 1.39. The predicted octanol–water partition coefficient (Wildman–Crippen LogP) is 5.84. The zero-order valence-corrected chi connectivity index (χ0v) is 17.6. The Hall–Kier alpha value is -4.08. The van der Waals surface area contributed by atoms with E-state index in [0.29, 0.717) is 0 Å². The summed E-state index contributed by atoms with van der Waals surface area (Å²) in [5.41, 5.74) is 1.79. The fourth-order valence-corrected chi connectivity index (χ4v) is 3.23. The van der Waals surface area contributed by atoms with Crippen molar-refractivity contribution in [2.45, 2.75) is 19.6 Å². The number of nitrogens with one attached hydrogen (secondary N) is 1. The predicted molar refractivity (Wildman–Crippen MR) is 111 cm³/mol. The van der Waals surface area contributed by atoms with Crippen molar-refractivity contribution < 1.29 is 35.9 Å². The van der Waals surface area contributed by atoms with E-state index in [9.17, 15) is 26.7 Å². The van der Waals surface area contributed by atoms with Gasteiger partial charge in [0, 0.05) is 18.1 Å². The van der Waals surface area contributed by atoms with Crippen LogP contribution in [0.5, 0.6) is 5.75 Å². The molecule has 1 amide bonds. The fourth-order valence-electron chi connectivity index (χ4n) is 3.23. The van der Waals surface area contributed by atoms with E-state index in [0.717, 1.165) is 11.3 Å². The van der Waals surface area contributed by atoms with Crippen LogP contribution in [0.1, 0.15) is 34.8 Å². The summed E-state index contributed by atoms with van der Waals surface area (Å²) in [7, 11) is 0. The monoisotopic (exact) mass is 476 g/mol. The van der Waals surface area contributed by atoms with Gasteiger partial charge in [-0.15, -0.1) is 0 Å². The van der Waals surface area contributed by atoms with E-state index in [1.807, 2.05) is 53.4 Å². The molecule has 4 aromatic rings. The summed E-state index contributed by atoms with van der Waals surface area (Å²) in [5.74, 6) is -12.9. The Labute approximate surface area is 190 Å². The van der Waals surface area contributed by atoms with Gasteiger partial charge in [0.1, 0.15) is 12.4 Å². The van der Waals surface area contributed by atoms with Crippen molar-refractivity contribution in [3.63, 3.8) is 0 Å². The second-order valence-corrected chi connectivity index (χ2v) is 7.33. The number of rotatable bonds is 7. The lowest BCUT2D eigenvalue weighted by Crippen LogP contribution is -2.26. The number of carbonyl (C=O) groups excluding carboxylic acids is 1. The number of amides is 1. The first-order chi connectivity index (χ1) is 16.3. The summed E-state index contributed by atoms with van der Waals surface area (Å²) in [4.78, 5) is 12.5. The number of ether oxygens (including phenoxy) is 1. The third kappa shape index (κ3) is 4.52. The first kappa shape index (κ1) is 23.1. The van der Waals surface area contributed by atoms with Gasteiger partial charge in [0.15, 0.2) is 11.5 Å². The lowest BCUT2D eigenvalue weighted by molar-refractivity contribution is 0.0907. The van der Waals surface area contributed by atoms with Crippen LogP contribution in [0.15, 0.2) is 65.3 Å². The highest BCUT2D eigenvalue weighted by Gasteiger charge is 2.27. The average molecular weight is 476 g/mol. The van der Waals surface area contributed by atoms with Crippen LogP contribution in [0, 0.1) is 29.1 Å². The first-order valence-electron chi connectivity index (χ1n) is 10.0. The molecule has 0 aliphatic heterocycles.